The third kappa shape index (κ3) is 4.72. The lowest BCUT2D eigenvalue weighted by Crippen LogP contribution is -2.30. The van der Waals surface area contributed by atoms with Crippen LogP contribution in [0.15, 0.2) is 60.7 Å². The largest absolute Gasteiger partial charge is 0.305 e. The van der Waals surface area contributed by atoms with E-state index in [2.05, 4.69) is 29.6 Å². The number of benzene rings is 2. The van der Waals surface area contributed by atoms with Gasteiger partial charge < -0.3 is 5.32 Å². The second-order valence-corrected chi connectivity index (χ2v) is 6.56. The zero-order chi connectivity index (χ0) is 15.8. The van der Waals surface area contributed by atoms with E-state index in [1.54, 1.807) is 0 Å². The minimum absolute atomic E-state index is 0.0351. The monoisotopic (exact) mass is 313 g/mol. The van der Waals surface area contributed by atoms with Crippen molar-refractivity contribution in [3.05, 3.63) is 71.8 Å². The molecule has 2 nitrogen and oxygen atoms in total. The van der Waals surface area contributed by atoms with Gasteiger partial charge in [-0.1, -0.05) is 86.3 Å². The first-order chi connectivity index (χ1) is 10.7. The Kier molecular flexibility index (Phi) is 6.69. The molecule has 2 aromatic rings. The van der Waals surface area contributed by atoms with Crippen LogP contribution in [-0.2, 0) is 11.3 Å². The van der Waals surface area contributed by atoms with Crippen LogP contribution >= 0.6 is 11.8 Å². The highest BCUT2D eigenvalue weighted by molar-refractivity contribution is 8.13. The van der Waals surface area contributed by atoms with E-state index in [4.69, 9.17) is 0 Å². The van der Waals surface area contributed by atoms with E-state index >= 15 is 0 Å². The Bertz CT molecular complexity index is 571. The van der Waals surface area contributed by atoms with Crippen LogP contribution in [0.25, 0.3) is 0 Å². The molecule has 0 radical (unpaired) electrons. The molecule has 2 unspecified atom stereocenters. The van der Waals surface area contributed by atoms with Gasteiger partial charge in [0, 0.05) is 18.5 Å². The molecular weight excluding hydrogens is 290 g/mol. The fourth-order valence-corrected chi connectivity index (χ4v) is 3.16. The molecule has 0 aliphatic heterocycles. The Hall–Kier alpha value is -1.58. The molecule has 0 aromatic heterocycles. The molecule has 0 bridgehead atoms. The van der Waals surface area contributed by atoms with Gasteiger partial charge >= 0.3 is 0 Å². The quantitative estimate of drug-likeness (QED) is 0.819. The van der Waals surface area contributed by atoms with E-state index < -0.39 is 0 Å². The number of hydrogen-bond donors (Lipinski definition) is 1. The first kappa shape index (κ1) is 16.8. The van der Waals surface area contributed by atoms with Crippen LogP contribution in [-0.4, -0.2) is 10.9 Å². The van der Waals surface area contributed by atoms with Crippen LogP contribution < -0.4 is 5.32 Å². The maximum atomic E-state index is 12.3. The highest BCUT2D eigenvalue weighted by Gasteiger charge is 2.24. The van der Waals surface area contributed by atoms with E-state index in [1.807, 2.05) is 50.2 Å². The number of rotatable bonds is 7. The number of carbonyl (C=O) groups is 1. The van der Waals surface area contributed by atoms with E-state index in [0.717, 1.165) is 17.9 Å². The van der Waals surface area contributed by atoms with Crippen molar-refractivity contribution >= 4 is 16.9 Å². The molecule has 0 aliphatic rings. The van der Waals surface area contributed by atoms with E-state index in [-0.39, 0.29) is 17.1 Å². The molecule has 0 heterocycles. The van der Waals surface area contributed by atoms with Crippen LogP contribution in [0.2, 0.25) is 0 Å². The Morgan fingerprint density at radius 2 is 1.64 bits per heavy atom. The molecule has 2 aromatic carbocycles. The summed E-state index contributed by atoms with van der Waals surface area (Å²) in [7, 11) is 0. The number of nitrogens with one attached hydrogen (secondary N) is 1. The Morgan fingerprint density at radius 3 is 2.23 bits per heavy atom. The van der Waals surface area contributed by atoms with Crippen molar-refractivity contribution in [3.8, 4) is 0 Å². The predicted octanol–water partition coefficient (Wildman–Crippen LogP) is 4.43. The van der Waals surface area contributed by atoms with Crippen LogP contribution in [0.3, 0.4) is 0 Å². The molecule has 0 amide bonds. The Balaban J connectivity index is 2.13. The summed E-state index contributed by atoms with van der Waals surface area (Å²) in [5.74, 6) is 0.764. The van der Waals surface area contributed by atoms with Crippen LogP contribution in [0.1, 0.15) is 31.0 Å². The molecule has 0 saturated carbocycles. The average Bonchev–Trinajstić information content (AvgIpc) is 2.57. The van der Waals surface area contributed by atoms with Gasteiger partial charge in [-0.25, -0.2) is 0 Å². The Morgan fingerprint density at radius 1 is 1.05 bits per heavy atom. The van der Waals surface area contributed by atoms with Gasteiger partial charge in [-0.2, -0.15) is 0 Å². The van der Waals surface area contributed by atoms with Gasteiger partial charge in [0.2, 0.25) is 0 Å². The average molecular weight is 313 g/mol. The molecule has 0 aliphatic carbocycles. The molecule has 2 rings (SSSR count). The molecule has 116 valence electrons. The lowest BCUT2D eigenvalue weighted by Gasteiger charge is -2.24. The molecule has 2 atom stereocenters. The van der Waals surface area contributed by atoms with Crippen LogP contribution in [0.5, 0.6) is 0 Å². The zero-order valence-electron chi connectivity index (χ0n) is 13.2. The van der Waals surface area contributed by atoms with Gasteiger partial charge in [-0.3, -0.25) is 4.79 Å². The third-order valence-corrected chi connectivity index (χ3v) is 4.63. The first-order valence-electron chi connectivity index (χ1n) is 7.71. The van der Waals surface area contributed by atoms with Crippen molar-refractivity contribution in [3.63, 3.8) is 0 Å². The molecule has 3 heteroatoms. The van der Waals surface area contributed by atoms with E-state index in [9.17, 15) is 4.79 Å². The first-order valence-corrected chi connectivity index (χ1v) is 8.69. The zero-order valence-corrected chi connectivity index (χ0v) is 14.0. The predicted molar refractivity (Wildman–Crippen MR) is 94.8 cm³/mol. The fraction of sp³-hybridized carbons (Fsp3) is 0.316. The standard InChI is InChI=1S/C19H23NOS/c1-3-22-19(21)15(2)18(17-12-8-5-9-13-17)20-14-16-10-6-4-7-11-16/h4-13,15,18,20H,3,14H2,1-2H3. The highest BCUT2D eigenvalue weighted by Crippen LogP contribution is 2.26. The smallest absolute Gasteiger partial charge is 0.193 e. The van der Waals surface area contributed by atoms with Gasteiger partial charge in [0.1, 0.15) is 0 Å². The normalized spacial score (nSPS) is 13.5. The second-order valence-electron chi connectivity index (χ2n) is 5.30. The third-order valence-electron chi connectivity index (χ3n) is 3.69. The molecule has 1 N–H and O–H groups in total. The molecular formula is C19H23NOS. The summed E-state index contributed by atoms with van der Waals surface area (Å²) in [6, 6.07) is 20.6. The SMILES string of the molecule is CCSC(=O)C(C)C(NCc1ccccc1)c1ccccc1. The highest BCUT2D eigenvalue weighted by atomic mass is 32.2. The van der Waals surface area contributed by atoms with Gasteiger partial charge in [0.05, 0.1) is 0 Å². The summed E-state index contributed by atoms with van der Waals surface area (Å²) in [6.45, 7) is 4.79. The summed E-state index contributed by atoms with van der Waals surface area (Å²) < 4.78 is 0. The Labute approximate surface area is 137 Å². The maximum absolute atomic E-state index is 12.3. The summed E-state index contributed by atoms with van der Waals surface area (Å²) >= 11 is 1.41. The van der Waals surface area contributed by atoms with Crippen molar-refractivity contribution in [1.29, 1.82) is 0 Å². The molecule has 0 spiro atoms. The number of carbonyl (C=O) groups excluding carboxylic acids is 1. The van der Waals surface area contributed by atoms with Crippen molar-refractivity contribution < 1.29 is 4.79 Å². The topological polar surface area (TPSA) is 29.1 Å². The summed E-state index contributed by atoms with van der Waals surface area (Å²) in [5, 5.41) is 3.80. The lowest BCUT2D eigenvalue weighted by molar-refractivity contribution is -0.114. The molecule has 22 heavy (non-hydrogen) atoms. The van der Waals surface area contributed by atoms with Crippen LogP contribution in [0, 0.1) is 5.92 Å². The molecule has 0 saturated heterocycles. The minimum atomic E-state index is -0.0592. The van der Waals surface area contributed by atoms with E-state index in [1.165, 1.54) is 17.3 Å². The minimum Gasteiger partial charge on any atom is -0.305 e. The maximum Gasteiger partial charge on any atom is 0.193 e. The molecule has 0 fully saturated rings. The van der Waals surface area contributed by atoms with Crippen molar-refractivity contribution in [2.75, 3.05) is 5.75 Å². The van der Waals surface area contributed by atoms with Crippen molar-refractivity contribution in [2.24, 2.45) is 5.92 Å². The number of thioether (sulfide) groups is 1. The van der Waals surface area contributed by atoms with Gasteiger partial charge in [0.25, 0.3) is 0 Å². The van der Waals surface area contributed by atoms with E-state index in [0.29, 0.717) is 0 Å². The second kappa shape index (κ2) is 8.76. The summed E-state index contributed by atoms with van der Waals surface area (Å²) in [4.78, 5) is 12.3. The van der Waals surface area contributed by atoms with Crippen molar-refractivity contribution in [2.45, 2.75) is 26.4 Å². The van der Waals surface area contributed by atoms with Crippen molar-refractivity contribution in [1.82, 2.24) is 5.32 Å². The van der Waals surface area contributed by atoms with Gasteiger partial charge in [-0.05, 0) is 16.9 Å². The summed E-state index contributed by atoms with van der Waals surface area (Å²) in [5.41, 5.74) is 2.39. The van der Waals surface area contributed by atoms with Gasteiger partial charge in [-0.15, -0.1) is 0 Å². The van der Waals surface area contributed by atoms with Crippen LogP contribution in [0.4, 0.5) is 0 Å². The van der Waals surface area contributed by atoms with Gasteiger partial charge in [0.15, 0.2) is 5.12 Å². The number of hydrogen-bond acceptors (Lipinski definition) is 3. The fourth-order valence-electron chi connectivity index (χ4n) is 2.48. The lowest BCUT2D eigenvalue weighted by atomic mass is 9.95. The summed E-state index contributed by atoms with van der Waals surface area (Å²) in [6.07, 6.45) is 0.